The molecule has 1 N–H and O–H groups in total. The number of sulfonamides is 1. The minimum atomic E-state index is -3.59. The molecule has 0 radical (unpaired) electrons. The van der Waals surface area contributed by atoms with E-state index in [9.17, 15) is 13.2 Å². The van der Waals surface area contributed by atoms with Gasteiger partial charge in [-0.1, -0.05) is 25.1 Å². The molecule has 0 aliphatic rings. The molecule has 134 valence electrons. The third-order valence-electron chi connectivity index (χ3n) is 3.55. The maximum Gasteiger partial charge on any atom is 0.260 e. The fraction of sp³-hybridized carbons (Fsp3) is 0.294. The molecule has 0 aliphatic carbocycles. The van der Waals surface area contributed by atoms with E-state index in [1.165, 1.54) is 11.3 Å². The van der Waals surface area contributed by atoms with Crippen molar-refractivity contribution in [2.24, 2.45) is 5.10 Å². The minimum Gasteiger partial charge on any atom is -0.271 e. The Morgan fingerprint density at radius 2 is 1.92 bits per heavy atom. The van der Waals surface area contributed by atoms with E-state index in [0.717, 1.165) is 27.4 Å². The maximum absolute atomic E-state index is 12.1. The molecule has 0 atom stereocenters. The van der Waals surface area contributed by atoms with E-state index < -0.39 is 15.9 Å². The molecular formula is C17H21N3O3S2. The highest BCUT2D eigenvalue weighted by Crippen LogP contribution is 2.18. The number of carbonyl (C=O) groups is 1. The molecule has 0 unspecified atom stereocenters. The number of thiophene rings is 1. The number of nitrogens with one attached hydrogen (secondary N) is 1. The van der Waals surface area contributed by atoms with Crippen LogP contribution < -0.4 is 9.73 Å². The fourth-order valence-electron chi connectivity index (χ4n) is 2.15. The average molecular weight is 380 g/mol. The van der Waals surface area contributed by atoms with E-state index in [0.29, 0.717) is 11.4 Å². The van der Waals surface area contributed by atoms with Gasteiger partial charge < -0.3 is 0 Å². The quantitative estimate of drug-likeness (QED) is 0.593. The number of hydrazone groups is 1. The van der Waals surface area contributed by atoms with Crippen molar-refractivity contribution in [3.05, 3.63) is 52.2 Å². The Labute approximate surface area is 152 Å². The minimum absolute atomic E-state index is 0.328. The summed E-state index contributed by atoms with van der Waals surface area (Å²) in [7, 11) is -3.59. The van der Waals surface area contributed by atoms with Crippen LogP contribution in [0.4, 0.5) is 5.69 Å². The molecule has 1 aromatic heterocycles. The molecule has 2 aromatic rings. The topological polar surface area (TPSA) is 78.8 Å². The van der Waals surface area contributed by atoms with E-state index in [1.807, 2.05) is 36.6 Å². The zero-order chi connectivity index (χ0) is 18.4. The van der Waals surface area contributed by atoms with E-state index in [2.05, 4.69) is 10.5 Å². The summed E-state index contributed by atoms with van der Waals surface area (Å²) < 4.78 is 25.2. The smallest absolute Gasteiger partial charge is 0.260 e. The van der Waals surface area contributed by atoms with Gasteiger partial charge >= 0.3 is 0 Å². The third kappa shape index (κ3) is 5.40. The van der Waals surface area contributed by atoms with Crippen molar-refractivity contribution >= 4 is 38.7 Å². The summed E-state index contributed by atoms with van der Waals surface area (Å²) in [5, 5.41) is 5.95. The lowest BCUT2D eigenvalue weighted by Gasteiger charge is -2.21. The molecule has 1 amide bonds. The zero-order valence-corrected chi connectivity index (χ0v) is 16.0. The maximum atomic E-state index is 12.1. The number of carbonyl (C=O) groups excluding carboxylic acids is 1. The lowest BCUT2D eigenvalue weighted by Crippen LogP contribution is -2.39. The monoisotopic (exact) mass is 379 g/mol. The van der Waals surface area contributed by atoms with Gasteiger partial charge in [-0.25, -0.2) is 13.8 Å². The standard InChI is InChI=1S/C17H21N3O3S2/c1-4-14-7-9-15(10-8-14)20(25(3,22)23)12-17(21)19-18-13(2)16-6-5-11-24-16/h5-11H,4,12H2,1-3H3,(H,19,21)/b18-13-. The molecule has 6 nitrogen and oxygen atoms in total. The summed E-state index contributed by atoms with van der Waals surface area (Å²) in [5.41, 5.74) is 4.63. The van der Waals surface area contributed by atoms with Crippen molar-refractivity contribution in [3.8, 4) is 0 Å². The van der Waals surface area contributed by atoms with Crippen LogP contribution in [0.5, 0.6) is 0 Å². The number of nitrogens with zero attached hydrogens (tertiary/aromatic N) is 2. The van der Waals surface area contributed by atoms with Gasteiger partial charge in [0.15, 0.2) is 0 Å². The van der Waals surface area contributed by atoms with Crippen LogP contribution >= 0.6 is 11.3 Å². The van der Waals surface area contributed by atoms with Gasteiger partial charge in [0.25, 0.3) is 5.91 Å². The van der Waals surface area contributed by atoms with E-state index in [-0.39, 0.29) is 6.54 Å². The molecule has 0 aliphatic heterocycles. The Morgan fingerprint density at radius 1 is 1.24 bits per heavy atom. The molecule has 1 aromatic carbocycles. The molecule has 25 heavy (non-hydrogen) atoms. The van der Waals surface area contributed by atoms with Gasteiger partial charge in [0.05, 0.1) is 17.7 Å². The highest BCUT2D eigenvalue weighted by atomic mass is 32.2. The summed E-state index contributed by atoms with van der Waals surface area (Å²) in [5.74, 6) is -0.499. The highest BCUT2D eigenvalue weighted by molar-refractivity contribution is 7.92. The molecular weight excluding hydrogens is 358 g/mol. The number of hydrogen-bond donors (Lipinski definition) is 1. The van der Waals surface area contributed by atoms with Crippen LogP contribution in [0, 0.1) is 0 Å². The number of benzene rings is 1. The van der Waals surface area contributed by atoms with Crippen LogP contribution in [0.3, 0.4) is 0 Å². The Bertz CT molecular complexity index is 842. The van der Waals surface area contributed by atoms with Crippen molar-refractivity contribution in [1.82, 2.24) is 5.43 Å². The van der Waals surface area contributed by atoms with Crippen molar-refractivity contribution < 1.29 is 13.2 Å². The molecule has 0 bridgehead atoms. The van der Waals surface area contributed by atoms with Crippen molar-refractivity contribution in [2.75, 3.05) is 17.1 Å². The largest absolute Gasteiger partial charge is 0.271 e. The summed E-state index contributed by atoms with van der Waals surface area (Å²) >= 11 is 1.51. The van der Waals surface area contributed by atoms with Gasteiger partial charge in [-0.2, -0.15) is 5.10 Å². The number of rotatable bonds is 7. The molecule has 8 heteroatoms. The second-order valence-electron chi connectivity index (χ2n) is 5.50. The van der Waals surface area contributed by atoms with Crippen molar-refractivity contribution in [3.63, 3.8) is 0 Å². The first-order valence-corrected chi connectivity index (χ1v) is 10.5. The number of aryl methyl sites for hydroxylation is 1. The second kappa shape index (κ2) is 8.26. The van der Waals surface area contributed by atoms with Gasteiger partial charge in [0.1, 0.15) is 6.54 Å². The summed E-state index contributed by atoms with van der Waals surface area (Å²) in [6.45, 7) is 3.47. The zero-order valence-electron chi connectivity index (χ0n) is 14.4. The predicted molar refractivity (Wildman–Crippen MR) is 103 cm³/mol. The number of hydrogen-bond acceptors (Lipinski definition) is 5. The van der Waals surface area contributed by atoms with Crippen LogP contribution in [-0.2, 0) is 21.2 Å². The SMILES string of the molecule is CCc1ccc(N(CC(=O)N/N=C(/C)c2cccs2)S(C)(=O)=O)cc1. The molecule has 0 fully saturated rings. The van der Waals surface area contributed by atoms with E-state index in [1.54, 1.807) is 19.1 Å². The van der Waals surface area contributed by atoms with Crippen molar-refractivity contribution in [2.45, 2.75) is 20.3 Å². The number of amides is 1. The van der Waals surface area contributed by atoms with Gasteiger partial charge in [-0.05, 0) is 42.5 Å². The first-order chi connectivity index (χ1) is 11.8. The predicted octanol–water partition coefficient (Wildman–Crippen LogP) is 2.62. The average Bonchev–Trinajstić information content (AvgIpc) is 3.11. The van der Waals surface area contributed by atoms with E-state index in [4.69, 9.17) is 0 Å². The Balaban J connectivity index is 2.11. The van der Waals surface area contributed by atoms with E-state index >= 15 is 0 Å². The highest BCUT2D eigenvalue weighted by Gasteiger charge is 2.20. The normalized spacial score (nSPS) is 12.0. The molecule has 2 rings (SSSR count). The molecule has 0 saturated heterocycles. The third-order valence-corrected chi connectivity index (χ3v) is 5.67. The lowest BCUT2D eigenvalue weighted by atomic mass is 10.1. The fourth-order valence-corrected chi connectivity index (χ4v) is 3.68. The summed E-state index contributed by atoms with van der Waals surface area (Å²) in [6.07, 6.45) is 1.94. The Kier molecular flexibility index (Phi) is 6.33. The second-order valence-corrected chi connectivity index (χ2v) is 8.35. The molecule has 0 spiro atoms. The van der Waals surface area contributed by atoms with Gasteiger partial charge in [-0.3, -0.25) is 9.10 Å². The molecule has 1 heterocycles. The van der Waals surface area contributed by atoms with Gasteiger partial charge in [-0.15, -0.1) is 11.3 Å². The van der Waals surface area contributed by atoms with Gasteiger partial charge in [0.2, 0.25) is 10.0 Å². The Hall–Kier alpha value is -2.19. The van der Waals surface area contributed by atoms with Gasteiger partial charge in [0, 0.05) is 4.88 Å². The van der Waals surface area contributed by atoms with Crippen LogP contribution in [0.25, 0.3) is 0 Å². The summed E-state index contributed by atoms with van der Waals surface area (Å²) in [6, 6.07) is 10.9. The molecule has 0 saturated carbocycles. The van der Waals surface area contributed by atoms with Crippen LogP contribution in [0.1, 0.15) is 24.3 Å². The van der Waals surface area contributed by atoms with Crippen LogP contribution in [0.15, 0.2) is 46.9 Å². The van der Waals surface area contributed by atoms with Crippen LogP contribution in [0.2, 0.25) is 0 Å². The first-order valence-electron chi connectivity index (χ1n) is 7.75. The Morgan fingerprint density at radius 3 is 2.44 bits per heavy atom. The summed E-state index contributed by atoms with van der Waals surface area (Å²) in [4.78, 5) is 13.1. The van der Waals surface area contributed by atoms with Crippen LogP contribution in [-0.4, -0.2) is 32.8 Å². The van der Waals surface area contributed by atoms with Crippen molar-refractivity contribution in [1.29, 1.82) is 0 Å². The lowest BCUT2D eigenvalue weighted by molar-refractivity contribution is -0.119. The first kappa shape index (κ1) is 19.1. The number of anilines is 1.